The van der Waals surface area contributed by atoms with Crippen molar-refractivity contribution in [3.8, 4) is 0 Å². The lowest BCUT2D eigenvalue weighted by molar-refractivity contribution is -0.137. The molecule has 3 N–H and O–H groups in total. The molecule has 2 rings (SSSR count). The van der Waals surface area contributed by atoms with Gasteiger partial charge in [0.05, 0.1) is 6.54 Å². The van der Waals surface area contributed by atoms with E-state index in [2.05, 4.69) is 20.8 Å². The Balaban J connectivity index is 1.61. The monoisotopic (exact) mass is 268 g/mol. The van der Waals surface area contributed by atoms with Crippen molar-refractivity contribution in [2.24, 2.45) is 0 Å². The fourth-order valence-electron chi connectivity index (χ4n) is 1.51. The Morgan fingerprint density at radius 2 is 2.16 bits per heavy atom. The first kappa shape index (κ1) is 13.5. The molecular weight excluding hydrogens is 252 g/mol. The normalized spacial score (nSPS) is 14.3. The number of nitrogens with zero attached hydrogens (tertiary/aromatic N) is 2. The summed E-state index contributed by atoms with van der Waals surface area (Å²) < 4.78 is 5.28. The molecule has 1 heterocycles. The number of hydrogen-bond donors (Lipinski definition) is 3. The predicted molar refractivity (Wildman–Crippen MR) is 64.6 cm³/mol. The minimum atomic E-state index is -0.843. The highest BCUT2D eigenvalue weighted by Crippen LogP contribution is 2.39. The molecule has 0 bridgehead atoms. The van der Waals surface area contributed by atoms with Gasteiger partial charge in [-0.05, 0) is 25.8 Å². The molecule has 104 valence electrons. The van der Waals surface area contributed by atoms with Gasteiger partial charge in [-0.1, -0.05) is 5.10 Å². The molecule has 1 aromatic rings. The largest absolute Gasteiger partial charge is 0.481 e. The van der Waals surface area contributed by atoms with E-state index in [9.17, 15) is 9.59 Å². The molecule has 1 aromatic heterocycles. The Bertz CT molecular complexity index is 455. The van der Waals surface area contributed by atoms with Gasteiger partial charge in [-0.15, -0.1) is 5.10 Å². The van der Waals surface area contributed by atoms with Gasteiger partial charge in [-0.3, -0.25) is 14.9 Å². The molecule has 0 radical (unpaired) electrons. The number of carbonyl (C=O) groups is 2. The molecule has 1 fully saturated rings. The number of aliphatic carboxylic acids is 1. The SMILES string of the molecule is O=C(O)CCCNCC(=O)Nc1nnc(C2CC2)o1. The number of aromatic nitrogens is 2. The molecule has 1 aliphatic carbocycles. The van der Waals surface area contributed by atoms with Gasteiger partial charge in [0.1, 0.15) is 0 Å². The summed E-state index contributed by atoms with van der Waals surface area (Å²) in [6.07, 6.45) is 2.68. The number of carboxylic acids is 1. The highest BCUT2D eigenvalue weighted by Gasteiger charge is 2.29. The van der Waals surface area contributed by atoms with E-state index in [4.69, 9.17) is 9.52 Å². The third kappa shape index (κ3) is 4.66. The molecule has 0 aromatic carbocycles. The van der Waals surface area contributed by atoms with Gasteiger partial charge in [-0.2, -0.15) is 0 Å². The van der Waals surface area contributed by atoms with Crippen molar-refractivity contribution in [3.63, 3.8) is 0 Å². The van der Waals surface area contributed by atoms with E-state index in [0.29, 0.717) is 24.8 Å². The van der Waals surface area contributed by atoms with Crippen LogP contribution in [0.5, 0.6) is 0 Å². The molecule has 0 aliphatic heterocycles. The second-order valence-corrected chi connectivity index (χ2v) is 4.44. The zero-order chi connectivity index (χ0) is 13.7. The van der Waals surface area contributed by atoms with Crippen molar-refractivity contribution < 1.29 is 19.1 Å². The second kappa shape index (κ2) is 6.28. The third-order valence-corrected chi connectivity index (χ3v) is 2.64. The van der Waals surface area contributed by atoms with Crippen molar-refractivity contribution >= 4 is 17.9 Å². The van der Waals surface area contributed by atoms with E-state index in [-0.39, 0.29) is 24.9 Å². The first-order chi connectivity index (χ1) is 9.15. The van der Waals surface area contributed by atoms with Crippen LogP contribution >= 0.6 is 0 Å². The maximum Gasteiger partial charge on any atom is 0.322 e. The lowest BCUT2D eigenvalue weighted by Gasteiger charge is -2.02. The number of rotatable bonds is 8. The lowest BCUT2D eigenvalue weighted by atomic mass is 10.3. The molecule has 19 heavy (non-hydrogen) atoms. The summed E-state index contributed by atoms with van der Waals surface area (Å²) in [6, 6.07) is 0.110. The molecule has 8 heteroatoms. The Labute approximate surface area is 109 Å². The molecule has 0 saturated heterocycles. The standard InChI is InChI=1S/C11H16N4O4/c16-8(6-12-5-1-2-9(17)18)13-11-15-14-10(19-11)7-3-4-7/h7,12H,1-6H2,(H,17,18)(H,13,15,16). The predicted octanol–water partition coefficient (Wildman–Crippen LogP) is 0.340. The van der Waals surface area contributed by atoms with Crippen molar-refractivity contribution in [3.05, 3.63) is 5.89 Å². The van der Waals surface area contributed by atoms with Gasteiger partial charge in [0.25, 0.3) is 0 Å². The van der Waals surface area contributed by atoms with Crippen LogP contribution in [-0.2, 0) is 9.59 Å². The summed E-state index contributed by atoms with van der Waals surface area (Å²) >= 11 is 0. The zero-order valence-electron chi connectivity index (χ0n) is 10.4. The summed E-state index contributed by atoms with van der Waals surface area (Å²) in [5.74, 6) is -0.206. The summed E-state index contributed by atoms with van der Waals surface area (Å²) in [6.45, 7) is 0.553. The number of carboxylic acid groups (broad SMARTS) is 1. The Hall–Kier alpha value is -1.96. The van der Waals surface area contributed by atoms with Crippen molar-refractivity contribution in [1.82, 2.24) is 15.5 Å². The van der Waals surface area contributed by atoms with Gasteiger partial charge in [0.2, 0.25) is 11.8 Å². The number of amides is 1. The van der Waals surface area contributed by atoms with Crippen LogP contribution in [0.3, 0.4) is 0 Å². The van der Waals surface area contributed by atoms with Crippen molar-refractivity contribution in [2.45, 2.75) is 31.6 Å². The minimum Gasteiger partial charge on any atom is -0.481 e. The summed E-state index contributed by atoms with van der Waals surface area (Å²) in [5, 5.41) is 21.3. The maximum atomic E-state index is 11.5. The highest BCUT2D eigenvalue weighted by molar-refractivity contribution is 5.90. The molecule has 8 nitrogen and oxygen atoms in total. The van der Waals surface area contributed by atoms with Crippen LogP contribution in [0.15, 0.2) is 4.42 Å². The Morgan fingerprint density at radius 3 is 2.84 bits per heavy atom. The maximum absolute atomic E-state index is 11.5. The highest BCUT2D eigenvalue weighted by atomic mass is 16.4. The van der Waals surface area contributed by atoms with Crippen molar-refractivity contribution in [2.75, 3.05) is 18.4 Å². The van der Waals surface area contributed by atoms with Crippen LogP contribution < -0.4 is 10.6 Å². The number of hydrogen-bond acceptors (Lipinski definition) is 6. The Kier molecular flexibility index (Phi) is 4.45. The average Bonchev–Trinajstić information content (AvgIpc) is 3.10. The summed E-state index contributed by atoms with van der Waals surface area (Å²) in [7, 11) is 0. The minimum absolute atomic E-state index is 0.0841. The van der Waals surface area contributed by atoms with E-state index < -0.39 is 5.97 Å². The van der Waals surface area contributed by atoms with E-state index >= 15 is 0 Å². The zero-order valence-corrected chi connectivity index (χ0v) is 10.4. The van der Waals surface area contributed by atoms with Gasteiger partial charge in [-0.25, -0.2) is 0 Å². The number of anilines is 1. The number of nitrogens with one attached hydrogen (secondary N) is 2. The summed E-state index contributed by atoms with van der Waals surface area (Å²) in [5.41, 5.74) is 0. The van der Waals surface area contributed by atoms with E-state index in [1.54, 1.807) is 0 Å². The molecule has 1 amide bonds. The molecular formula is C11H16N4O4. The van der Waals surface area contributed by atoms with Gasteiger partial charge in [0.15, 0.2) is 0 Å². The molecule has 1 saturated carbocycles. The third-order valence-electron chi connectivity index (χ3n) is 2.64. The second-order valence-electron chi connectivity index (χ2n) is 4.44. The molecule has 0 atom stereocenters. The van der Waals surface area contributed by atoms with Crippen LogP contribution in [0, 0.1) is 0 Å². The number of carbonyl (C=O) groups excluding carboxylic acids is 1. The van der Waals surface area contributed by atoms with E-state index in [1.807, 2.05) is 0 Å². The van der Waals surface area contributed by atoms with E-state index in [1.165, 1.54) is 0 Å². The van der Waals surface area contributed by atoms with Crippen LogP contribution in [0.1, 0.15) is 37.5 Å². The average molecular weight is 268 g/mol. The van der Waals surface area contributed by atoms with Crippen LogP contribution in [0.4, 0.5) is 6.01 Å². The smallest absolute Gasteiger partial charge is 0.322 e. The fourth-order valence-corrected chi connectivity index (χ4v) is 1.51. The Morgan fingerprint density at radius 1 is 1.37 bits per heavy atom. The van der Waals surface area contributed by atoms with E-state index in [0.717, 1.165) is 12.8 Å². The molecule has 1 aliphatic rings. The lowest BCUT2D eigenvalue weighted by Crippen LogP contribution is -2.29. The first-order valence-corrected chi connectivity index (χ1v) is 6.21. The van der Waals surface area contributed by atoms with Crippen LogP contribution in [0.25, 0.3) is 0 Å². The topological polar surface area (TPSA) is 117 Å². The molecule has 0 unspecified atom stereocenters. The van der Waals surface area contributed by atoms with Gasteiger partial charge >= 0.3 is 12.0 Å². The van der Waals surface area contributed by atoms with Gasteiger partial charge in [0, 0.05) is 12.3 Å². The van der Waals surface area contributed by atoms with Crippen LogP contribution in [-0.4, -0.2) is 40.3 Å². The van der Waals surface area contributed by atoms with Crippen LogP contribution in [0.2, 0.25) is 0 Å². The summed E-state index contributed by atoms with van der Waals surface area (Å²) in [4.78, 5) is 21.8. The van der Waals surface area contributed by atoms with Crippen molar-refractivity contribution in [1.29, 1.82) is 0 Å². The van der Waals surface area contributed by atoms with Gasteiger partial charge < -0.3 is 14.8 Å². The first-order valence-electron chi connectivity index (χ1n) is 6.21. The fraction of sp³-hybridized carbons (Fsp3) is 0.636. The quantitative estimate of drug-likeness (QED) is 0.582. The molecule has 0 spiro atoms.